The second-order valence-corrected chi connectivity index (χ2v) is 5.18. The summed E-state index contributed by atoms with van der Waals surface area (Å²) in [5.41, 5.74) is 0.505. The van der Waals surface area contributed by atoms with Gasteiger partial charge in [-0.25, -0.2) is 4.98 Å². The zero-order chi connectivity index (χ0) is 14.0. The highest BCUT2D eigenvalue weighted by molar-refractivity contribution is 6.33. The zero-order valence-electron chi connectivity index (χ0n) is 11.3. The third-order valence-electron chi connectivity index (χ3n) is 3.03. The van der Waals surface area contributed by atoms with E-state index in [1.165, 1.54) is 0 Å². The number of pyridine rings is 1. The summed E-state index contributed by atoms with van der Waals surface area (Å²) in [4.78, 5) is 18.3. The summed E-state index contributed by atoms with van der Waals surface area (Å²) in [5.74, 6) is 0.515. The maximum absolute atomic E-state index is 12.4. The number of nitrogens with one attached hydrogen (secondary N) is 1. The number of rotatable bonds is 2. The highest BCUT2D eigenvalue weighted by Crippen LogP contribution is 2.21. The van der Waals surface area contributed by atoms with Gasteiger partial charge in [-0.15, -0.1) is 0 Å². The second kappa shape index (κ2) is 5.75. The van der Waals surface area contributed by atoms with Crippen LogP contribution in [0.1, 0.15) is 24.2 Å². The lowest BCUT2D eigenvalue weighted by molar-refractivity contribution is -0.0586. The van der Waals surface area contributed by atoms with E-state index in [1.54, 1.807) is 24.2 Å². The lowest BCUT2D eigenvalue weighted by Crippen LogP contribution is -2.48. The molecule has 1 aliphatic heterocycles. The van der Waals surface area contributed by atoms with Crippen molar-refractivity contribution in [3.05, 3.63) is 22.8 Å². The minimum Gasteiger partial charge on any atom is -0.372 e. The van der Waals surface area contributed by atoms with Crippen molar-refractivity contribution < 1.29 is 9.53 Å². The maximum atomic E-state index is 12.4. The fraction of sp³-hybridized carbons (Fsp3) is 0.538. The molecule has 19 heavy (non-hydrogen) atoms. The Morgan fingerprint density at radius 1 is 1.47 bits per heavy atom. The van der Waals surface area contributed by atoms with E-state index in [-0.39, 0.29) is 18.1 Å². The molecule has 5 nitrogen and oxygen atoms in total. The van der Waals surface area contributed by atoms with Gasteiger partial charge in [-0.05, 0) is 19.9 Å². The van der Waals surface area contributed by atoms with Gasteiger partial charge in [0.05, 0.1) is 22.8 Å². The van der Waals surface area contributed by atoms with Crippen LogP contribution in [0.2, 0.25) is 5.02 Å². The fourth-order valence-electron chi connectivity index (χ4n) is 2.27. The standard InChI is InChI=1S/C13H18ClN3O2/c1-8-6-17(7-9(2)19-8)13(18)10-4-11(14)12(15-3)16-5-10/h4-5,8-9H,6-7H2,1-3H3,(H,15,16). The summed E-state index contributed by atoms with van der Waals surface area (Å²) in [6, 6.07) is 1.65. The van der Waals surface area contributed by atoms with Gasteiger partial charge in [-0.2, -0.15) is 0 Å². The number of nitrogens with zero attached hydrogens (tertiary/aromatic N) is 2. The molecule has 6 heteroatoms. The van der Waals surface area contributed by atoms with Crippen molar-refractivity contribution in [2.45, 2.75) is 26.1 Å². The van der Waals surface area contributed by atoms with E-state index >= 15 is 0 Å². The van der Waals surface area contributed by atoms with Gasteiger partial charge in [-0.3, -0.25) is 4.79 Å². The minimum atomic E-state index is -0.0564. The third kappa shape index (κ3) is 3.16. The van der Waals surface area contributed by atoms with Gasteiger partial charge >= 0.3 is 0 Å². The van der Waals surface area contributed by atoms with Gasteiger partial charge in [0.15, 0.2) is 0 Å². The average molecular weight is 284 g/mol. The lowest BCUT2D eigenvalue weighted by atomic mass is 10.2. The summed E-state index contributed by atoms with van der Waals surface area (Å²) in [5, 5.41) is 3.31. The van der Waals surface area contributed by atoms with Crippen LogP contribution in [0.5, 0.6) is 0 Å². The molecular weight excluding hydrogens is 266 g/mol. The van der Waals surface area contributed by atoms with Gasteiger partial charge in [0, 0.05) is 26.3 Å². The summed E-state index contributed by atoms with van der Waals surface area (Å²) < 4.78 is 5.62. The number of hydrogen-bond donors (Lipinski definition) is 1. The van der Waals surface area contributed by atoms with E-state index in [9.17, 15) is 4.79 Å². The number of carbonyl (C=O) groups excluding carboxylic acids is 1. The van der Waals surface area contributed by atoms with Gasteiger partial charge in [0.2, 0.25) is 0 Å². The van der Waals surface area contributed by atoms with E-state index in [0.717, 1.165) is 0 Å². The number of hydrogen-bond acceptors (Lipinski definition) is 4. The number of halogens is 1. The highest BCUT2D eigenvalue weighted by atomic mass is 35.5. The van der Waals surface area contributed by atoms with Crippen LogP contribution >= 0.6 is 11.6 Å². The highest BCUT2D eigenvalue weighted by Gasteiger charge is 2.27. The number of anilines is 1. The molecule has 1 aromatic rings. The van der Waals surface area contributed by atoms with E-state index in [4.69, 9.17) is 16.3 Å². The number of morpholine rings is 1. The molecule has 0 aliphatic carbocycles. The molecule has 1 fully saturated rings. The molecule has 2 unspecified atom stereocenters. The van der Waals surface area contributed by atoms with Gasteiger partial charge in [0.1, 0.15) is 5.82 Å². The van der Waals surface area contributed by atoms with Crippen molar-refractivity contribution >= 4 is 23.3 Å². The summed E-state index contributed by atoms with van der Waals surface area (Å²) in [6.45, 7) is 5.11. The molecular formula is C13H18ClN3O2. The molecule has 1 aromatic heterocycles. The van der Waals surface area contributed by atoms with Gasteiger partial charge in [0.25, 0.3) is 5.91 Å². The first-order chi connectivity index (χ1) is 9.01. The Labute approximate surface area is 117 Å². The van der Waals surface area contributed by atoms with Crippen LogP contribution in [-0.4, -0.2) is 48.1 Å². The molecule has 104 valence electrons. The van der Waals surface area contributed by atoms with Crippen LogP contribution < -0.4 is 5.32 Å². The van der Waals surface area contributed by atoms with Crippen LogP contribution in [0.4, 0.5) is 5.82 Å². The minimum absolute atomic E-state index is 0.0488. The molecule has 0 aromatic carbocycles. The van der Waals surface area contributed by atoms with Crippen molar-refractivity contribution in [3.63, 3.8) is 0 Å². The van der Waals surface area contributed by atoms with Gasteiger partial charge in [-0.1, -0.05) is 11.6 Å². The fourth-order valence-corrected chi connectivity index (χ4v) is 2.53. The monoisotopic (exact) mass is 283 g/mol. The quantitative estimate of drug-likeness (QED) is 0.902. The molecule has 2 atom stereocenters. The molecule has 2 heterocycles. The van der Waals surface area contributed by atoms with Crippen LogP contribution in [0.25, 0.3) is 0 Å². The molecule has 0 bridgehead atoms. The molecule has 0 spiro atoms. The van der Waals surface area contributed by atoms with Crippen LogP contribution in [-0.2, 0) is 4.74 Å². The molecule has 0 saturated carbocycles. The maximum Gasteiger partial charge on any atom is 0.255 e. The largest absolute Gasteiger partial charge is 0.372 e. The second-order valence-electron chi connectivity index (χ2n) is 4.77. The Bertz CT molecular complexity index is 471. The summed E-state index contributed by atoms with van der Waals surface area (Å²) in [6.07, 6.45) is 1.64. The van der Waals surface area contributed by atoms with E-state index in [1.807, 2.05) is 13.8 Å². The SMILES string of the molecule is CNc1ncc(C(=O)N2CC(C)OC(C)C2)cc1Cl. The molecule has 1 N–H and O–H groups in total. The molecule has 2 rings (SSSR count). The topological polar surface area (TPSA) is 54.5 Å². The Morgan fingerprint density at radius 2 is 2.11 bits per heavy atom. The van der Waals surface area contributed by atoms with Crippen molar-refractivity contribution in [2.75, 3.05) is 25.5 Å². The van der Waals surface area contributed by atoms with Crippen LogP contribution in [0.3, 0.4) is 0 Å². The lowest BCUT2D eigenvalue weighted by Gasteiger charge is -2.35. The van der Waals surface area contributed by atoms with Crippen LogP contribution in [0, 0.1) is 0 Å². The van der Waals surface area contributed by atoms with E-state index in [2.05, 4.69) is 10.3 Å². The van der Waals surface area contributed by atoms with Crippen molar-refractivity contribution in [1.82, 2.24) is 9.88 Å². The van der Waals surface area contributed by atoms with Crippen molar-refractivity contribution in [1.29, 1.82) is 0 Å². The first kappa shape index (κ1) is 14.1. The predicted octanol–water partition coefficient (Wildman–Crippen LogP) is 2.03. The van der Waals surface area contributed by atoms with E-state index in [0.29, 0.717) is 29.5 Å². The normalized spacial score (nSPS) is 23.3. The van der Waals surface area contributed by atoms with Gasteiger partial charge < -0.3 is 15.0 Å². The zero-order valence-corrected chi connectivity index (χ0v) is 12.1. The Balaban J connectivity index is 2.17. The van der Waals surface area contributed by atoms with Crippen molar-refractivity contribution in [3.8, 4) is 0 Å². The Morgan fingerprint density at radius 3 is 2.63 bits per heavy atom. The van der Waals surface area contributed by atoms with Crippen LogP contribution in [0.15, 0.2) is 12.3 Å². The average Bonchev–Trinajstić information content (AvgIpc) is 2.36. The number of ether oxygens (including phenoxy) is 1. The first-order valence-corrected chi connectivity index (χ1v) is 6.67. The van der Waals surface area contributed by atoms with Crippen molar-refractivity contribution in [2.24, 2.45) is 0 Å². The molecule has 1 amide bonds. The van der Waals surface area contributed by atoms with E-state index < -0.39 is 0 Å². The third-order valence-corrected chi connectivity index (χ3v) is 3.32. The molecule has 1 aliphatic rings. The Kier molecular flexibility index (Phi) is 4.27. The predicted molar refractivity (Wildman–Crippen MR) is 74.7 cm³/mol. The summed E-state index contributed by atoms with van der Waals surface area (Å²) in [7, 11) is 1.74. The smallest absolute Gasteiger partial charge is 0.255 e. The molecule has 1 saturated heterocycles. The number of carbonyl (C=O) groups is 1. The molecule has 0 radical (unpaired) electrons. The number of amides is 1. The summed E-state index contributed by atoms with van der Waals surface area (Å²) >= 11 is 6.05. The first-order valence-electron chi connectivity index (χ1n) is 6.29. The number of aromatic nitrogens is 1. The Hall–Kier alpha value is -1.33.